The lowest BCUT2D eigenvalue weighted by atomic mass is 10.0. The minimum absolute atomic E-state index is 0.0120. The van der Waals surface area contributed by atoms with Crippen molar-refractivity contribution < 1.29 is 14.7 Å². The van der Waals surface area contributed by atoms with Crippen LogP contribution in [0.4, 0.5) is 0 Å². The molecule has 0 bridgehead atoms. The van der Waals surface area contributed by atoms with Gasteiger partial charge in [0.05, 0.1) is 35.3 Å². The molecule has 2 aromatic carbocycles. The van der Waals surface area contributed by atoms with E-state index in [0.717, 1.165) is 60.8 Å². The van der Waals surface area contributed by atoms with E-state index in [1.54, 1.807) is 11.3 Å². The van der Waals surface area contributed by atoms with Gasteiger partial charge in [-0.2, -0.15) is 10.7 Å². The predicted octanol–water partition coefficient (Wildman–Crippen LogP) is 5.10. The zero-order valence-electron chi connectivity index (χ0n) is 21.4. The molecule has 1 aliphatic carbocycles. The number of aliphatic hydroxyl groups is 1. The Morgan fingerprint density at radius 2 is 2.05 bits per heavy atom. The number of nitriles is 1. The average Bonchev–Trinajstić information content (AvgIpc) is 3.55. The number of nitrogens with zero attached hydrogens (tertiary/aromatic N) is 3. The molecule has 8 heteroatoms. The van der Waals surface area contributed by atoms with Gasteiger partial charge in [0, 0.05) is 31.4 Å². The molecule has 1 atom stereocenters. The van der Waals surface area contributed by atoms with Gasteiger partial charge in [-0.1, -0.05) is 18.2 Å². The van der Waals surface area contributed by atoms with Crippen LogP contribution in [-0.4, -0.2) is 53.4 Å². The van der Waals surface area contributed by atoms with Crippen molar-refractivity contribution in [3.05, 3.63) is 59.3 Å². The number of benzene rings is 2. The maximum atomic E-state index is 9.67. The number of likely N-dealkylation sites (tertiary alicyclic amines) is 1. The van der Waals surface area contributed by atoms with Gasteiger partial charge in [0.2, 0.25) is 0 Å². The highest BCUT2D eigenvalue weighted by molar-refractivity contribution is 7.18. The van der Waals surface area contributed by atoms with Gasteiger partial charge in [-0.05, 0) is 74.4 Å². The summed E-state index contributed by atoms with van der Waals surface area (Å²) in [6.45, 7) is 7.28. The fourth-order valence-electron chi connectivity index (χ4n) is 5.12. The van der Waals surface area contributed by atoms with Gasteiger partial charge in [-0.25, -0.2) is 4.98 Å². The molecular formula is C29H34N4O3S. The fraction of sp³-hybridized carbons (Fsp3) is 0.448. The van der Waals surface area contributed by atoms with Gasteiger partial charge < -0.3 is 14.7 Å². The largest absolute Gasteiger partial charge is 0.490 e. The topological polar surface area (TPSA) is 90.6 Å². The van der Waals surface area contributed by atoms with Crippen LogP contribution in [0.5, 0.6) is 5.75 Å². The van der Waals surface area contributed by atoms with Crippen molar-refractivity contribution in [3.63, 3.8) is 0 Å². The second kappa shape index (κ2) is 11.7. The van der Waals surface area contributed by atoms with Crippen molar-refractivity contribution in [1.29, 1.82) is 5.26 Å². The number of hydrogen-bond donors (Lipinski definition) is 2. The smallest absolute Gasteiger partial charge is 0.137 e. The van der Waals surface area contributed by atoms with Crippen molar-refractivity contribution in [1.82, 2.24) is 15.4 Å². The standard InChI is InChI=1S/C29H34N4O3S/c1-19(2)36-27-9-6-20(16-21(27)17-30)29-31-18-28(37-29)25-5-3-4-24-23(25)7-8-26(24)32-35-15-14-33-12-10-22(34)11-13-33/h3-6,9,16,18-19,22,26,32,34H,7-8,10-15H2,1-2H3. The van der Waals surface area contributed by atoms with Crippen molar-refractivity contribution >= 4 is 11.3 Å². The zero-order chi connectivity index (χ0) is 25.8. The van der Waals surface area contributed by atoms with Gasteiger partial charge in [0.15, 0.2) is 0 Å². The second-order valence-electron chi connectivity index (χ2n) is 10.0. The maximum Gasteiger partial charge on any atom is 0.137 e. The summed E-state index contributed by atoms with van der Waals surface area (Å²) in [5, 5.41) is 20.2. The quantitative estimate of drug-likeness (QED) is 0.301. The molecule has 3 aromatic rings. The number of hydrogen-bond acceptors (Lipinski definition) is 8. The number of piperidine rings is 1. The van der Waals surface area contributed by atoms with E-state index in [2.05, 4.69) is 34.6 Å². The Hall–Kier alpha value is -2.80. The highest BCUT2D eigenvalue weighted by Gasteiger charge is 2.26. The Morgan fingerprint density at radius 1 is 1.22 bits per heavy atom. The molecule has 2 heterocycles. The normalized spacial score (nSPS) is 18.2. The second-order valence-corrected chi connectivity index (χ2v) is 11.1. The summed E-state index contributed by atoms with van der Waals surface area (Å²) in [6, 6.07) is 14.6. The summed E-state index contributed by atoms with van der Waals surface area (Å²) in [7, 11) is 0. The van der Waals surface area contributed by atoms with E-state index in [0.29, 0.717) is 17.9 Å². The summed E-state index contributed by atoms with van der Waals surface area (Å²) in [5.74, 6) is 0.606. The third-order valence-electron chi connectivity index (χ3n) is 7.04. The minimum atomic E-state index is -0.144. The maximum absolute atomic E-state index is 9.67. The van der Waals surface area contributed by atoms with E-state index in [9.17, 15) is 10.4 Å². The van der Waals surface area contributed by atoms with E-state index in [1.165, 1.54) is 16.7 Å². The van der Waals surface area contributed by atoms with Crippen LogP contribution in [-0.2, 0) is 11.3 Å². The first-order valence-corrected chi connectivity index (χ1v) is 13.9. The Balaban J connectivity index is 1.25. The molecule has 0 saturated carbocycles. The Bertz CT molecular complexity index is 1260. The van der Waals surface area contributed by atoms with Gasteiger partial charge in [0.1, 0.15) is 16.8 Å². The number of nitrogens with one attached hydrogen (secondary N) is 1. The molecule has 1 aromatic heterocycles. The first kappa shape index (κ1) is 25.8. The molecule has 1 fully saturated rings. The van der Waals surface area contributed by atoms with Gasteiger partial charge in [-0.3, -0.25) is 4.84 Å². The third-order valence-corrected chi connectivity index (χ3v) is 8.12. The highest BCUT2D eigenvalue weighted by atomic mass is 32.1. The Labute approximate surface area is 222 Å². The molecule has 5 rings (SSSR count). The number of fused-ring (bicyclic) bond motifs is 1. The first-order valence-electron chi connectivity index (χ1n) is 13.1. The minimum Gasteiger partial charge on any atom is -0.490 e. The summed E-state index contributed by atoms with van der Waals surface area (Å²) < 4.78 is 5.76. The first-order chi connectivity index (χ1) is 18.0. The van der Waals surface area contributed by atoms with Crippen LogP contribution >= 0.6 is 11.3 Å². The van der Waals surface area contributed by atoms with Gasteiger partial charge in [0.25, 0.3) is 0 Å². The predicted molar refractivity (Wildman–Crippen MR) is 145 cm³/mol. The van der Waals surface area contributed by atoms with E-state index in [4.69, 9.17) is 14.6 Å². The van der Waals surface area contributed by atoms with Crippen LogP contribution in [0, 0.1) is 11.3 Å². The molecule has 0 spiro atoms. The Morgan fingerprint density at radius 3 is 2.84 bits per heavy atom. The monoisotopic (exact) mass is 518 g/mol. The van der Waals surface area contributed by atoms with Crippen molar-refractivity contribution in [2.24, 2.45) is 0 Å². The van der Waals surface area contributed by atoms with E-state index in [1.807, 2.05) is 38.2 Å². The molecule has 0 amide bonds. The average molecular weight is 519 g/mol. The molecule has 2 N–H and O–H groups in total. The number of hydroxylamine groups is 1. The molecular weight excluding hydrogens is 484 g/mol. The SMILES string of the molecule is CC(C)Oc1ccc(-c2ncc(-c3cccc4c3CCC4NOCCN3CCC(O)CC3)s2)cc1C#N. The van der Waals surface area contributed by atoms with Crippen LogP contribution in [0.3, 0.4) is 0 Å². The van der Waals surface area contributed by atoms with Crippen LogP contribution in [0.15, 0.2) is 42.6 Å². The molecule has 194 valence electrons. The number of ether oxygens (including phenoxy) is 1. The summed E-state index contributed by atoms with van der Waals surface area (Å²) in [6.07, 6.45) is 5.49. The summed E-state index contributed by atoms with van der Waals surface area (Å²) >= 11 is 1.65. The summed E-state index contributed by atoms with van der Waals surface area (Å²) in [4.78, 5) is 14.0. The third kappa shape index (κ3) is 6.03. The van der Waals surface area contributed by atoms with E-state index in [-0.39, 0.29) is 18.2 Å². The fourth-order valence-corrected chi connectivity index (χ4v) is 6.09. The van der Waals surface area contributed by atoms with Crippen molar-refractivity contribution in [2.75, 3.05) is 26.2 Å². The highest BCUT2D eigenvalue weighted by Crippen LogP contribution is 2.41. The van der Waals surface area contributed by atoms with E-state index < -0.39 is 0 Å². The van der Waals surface area contributed by atoms with Crippen LogP contribution < -0.4 is 10.2 Å². The Kier molecular flexibility index (Phi) is 8.18. The number of aromatic nitrogens is 1. The zero-order valence-corrected chi connectivity index (χ0v) is 22.3. The number of aliphatic hydroxyl groups excluding tert-OH is 1. The number of thiazole rings is 1. The van der Waals surface area contributed by atoms with Crippen LogP contribution in [0.25, 0.3) is 21.0 Å². The lowest BCUT2D eigenvalue weighted by molar-refractivity contribution is -0.00508. The molecule has 1 saturated heterocycles. The van der Waals surface area contributed by atoms with Crippen molar-refractivity contribution in [2.45, 2.75) is 57.8 Å². The lowest BCUT2D eigenvalue weighted by Crippen LogP contribution is -2.38. The molecule has 37 heavy (non-hydrogen) atoms. The lowest BCUT2D eigenvalue weighted by Gasteiger charge is -2.29. The van der Waals surface area contributed by atoms with Crippen molar-refractivity contribution in [3.8, 4) is 32.8 Å². The van der Waals surface area contributed by atoms with Crippen LogP contribution in [0.1, 0.15) is 55.8 Å². The molecule has 2 aliphatic rings. The molecule has 1 unspecified atom stereocenters. The molecule has 7 nitrogen and oxygen atoms in total. The molecule has 0 radical (unpaired) electrons. The van der Waals surface area contributed by atoms with Gasteiger partial charge in [-0.15, -0.1) is 11.3 Å². The molecule has 1 aliphatic heterocycles. The van der Waals surface area contributed by atoms with Gasteiger partial charge >= 0.3 is 0 Å². The summed E-state index contributed by atoms with van der Waals surface area (Å²) in [5.41, 5.74) is 8.60. The van der Waals surface area contributed by atoms with Crippen LogP contribution in [0.2, 0.25) is 0 Å². The number of rotatable bonds is 9. The van der Waals surface area contributed by atoms with E-state index >= 15 is 0 Å².